The number of fused-ring (bicyclic) bond motifs is 3. The average Bonchev–Trinajstić information content (AvgIpc) is 2.68. The SMILES string of the molecule is O=c1[nH]c(CCl)nc2c1[se]c1ccc(Br)cc12. The second kappa shape index (κ2) is 4.25. The van der Waals surface area contributed by atoms with Crippen molar-refractivity contribution in [2.24, 2.45) is 0 Å². The third kappa shape index (κ3) is 1.87. The van der Waals surface area contributed by atoms with Gasteiger partial charge in [-0.1, -0.05) is 0 Å². The van der Waals surface area contributed by atoms with Crippen LogP contribution in [-0.4, -0.2) is 24.5 Å². The summed E-state index contributed by atoms with van der Waals surface area (Å²) in [7, 11) is 0. The average molecular weight is 376 g/mol. The molecule has 3 rings (SSSR count). The molecule has 3 nitrogen and oxygen atoms in total. The van der Waals surface area contributed by atoms with Crippen LogP contribution in [0.4, 0.5) is 0 Å². The van der Waals surface area contributed by atoms with Crippen molar-refractivity contribution in [2.75, 3.05) is 0 Å². The number of aromatic nitrogens is 2. The molecule has 2 aromatic heterocycles. The van der Waals surface area contributed by atoms with Crippen LogP contribution in [0.1, 0.15) is 5.82 Å². The Morgan fingerprint density at radius 2 is 2.29 bits per heavy atom. The van der Waals surface area contributed by atoms with E-state index in [1.807, 2.05) is 18.2 Å². The summed E-state index contributed by atoms with van der Waals surface area (Å²) in [6.07, 6.45) is 0. The van der Waals surface area contributed by atoms with E-state index in [0.717, 1.165) is 19.6 Å². The summed E-state index contributed by atoms with van der Waals surface area (Å²) >= 11 is 9.20. The molecule has 0 unspecified atom stereocenters. The molecule has 0 aliphatic rings. The Labute approximate surface area is 116 Å². The van der Waals surface area contributed by atoms with E-state index in [2.05, 4.69) is 25.9 Å². The van der Waals surface area contributed by atoms with Gasteiger partial charge in [-0.3, -0.25) is 0 Å². The number of aromatic amines is 1. The van der Waals surface area contributed by atoms with Gasteiger partial charge in [0, 0.05) is 0 Å². The predicted octanol–water partition coefficient (Wildman–Crippen LogP) is 2.63. The fraction of sp³-hybridized carbons (Fsp3) is 0.0909. The van der Waals surface area contributed by atoms with Gasteiger partial charge in [0.05, 0.1) is 0 Å². The van der Waals surface area contributed by atoms with Gasteiger partial charge in [-0.2, -0.15) is 0 Å². The van der Waals surface area contributed by atoms with Crippen LogP contribution in [0.2, 0.25) is 0 Å². The van der Waals surface area contributed by atoms with E-state index in [0.29, 0.717) is 5.82 Å². The number of H-pyrrole nitrogens is 1. The first kappa shape index (κ1) is 11.5. The third-order valence-corrected chi connectivity index (χ3v) is 5.64. The molecule has 86 valence electrons. The molecular weight excluding hydrogens is 370 g/mol. The fourth-order valence-corrected chi connectivity index (χ4v) is 4.36. The molecule has 0 saturated carbocycles. The van der Waals surface area contributed by atoms with E-state index < -0.39 is 0 Å². The van der Waals surface area contributed by atoms with E-state index in [4.69, 9.17) is 11.6 Å². The summed E-state index contributed by atoms with van der Waals surface area (Å²) in [5, 5.41) is 1.05. The molecule has 0 fully saturated rings. The first-order valence-corrected chi connectivity index (χ1v) is 7.90. The van der Waals surface area contributed by atoms with E-state index in [1.54, 1.807) is 0 Å². The molecule has 0 bridgehead atoms. The van der Waals surface area contributed by atoms with Gasteiger partial charge >= 0.3 is 116 Å². The molecule has 1 aromatic carbocycles. The minimum absolute atomic E-state index is 0.0385. The Morgan fingerprint density at radius 1 is 1.47 bits per heavy atom. The number of alkyl halides is 1. The Balaban J connectivity index is 2.54. The fourth-order valence-electron chi connectivity index (χ4n) is 1.74. The number of rotatable bonds is 1. The molecule has 0 radical (unpaired) electrons. The van der Waals surface area contributed by atoms with Crippen LogP contribution in [0, 0.1) is 0 Å². The van der Waals surface area contributed by atoms with Crippen LogP contribution >= 0.6 is 27.5 Å². The molecule has 0 saturated heterocycles. The molecule has 1 N–H and O–H groups in total. The van der Waals surface area contributed by atoms with Gasteiger partial charge in [-0.05, 0) is 0 Å². The normalized spacial score (nSPS) is 11.4. The number of hydrogen-bond donors (Lipinski definition) is 1. The Bertz CT molecular complexity index is 780. The predicted molar refractivity (Wildman–Crippen MR) is 74.1 cm³/mol. The summed E-state index contributed by atoms with van der Waals surface area (Å²) in [6, 6.07) is 6.04. The molecule has 0 aliphatic heterocycles. The quantitative estimate of drug-likeness (QED) is 0.524. The van der Waals surface area contributed by atoms with E-state index >= 15 is 0 Å². The topological polar surface area (TPSA) is 45.8 Å². The van der Waals surface area contributed by atoms with Crippen molar-refractivity contribution in [3.05, 3.63) is 38.9 Å². The summed E-state index contributed by atoms with van der Waals surface area (Å²) < 4.78 is 2.98. The van der Waals surface area contributed by atoms with Gasteiger partial charge in [0.2, 0.25) is 0 Å². The van der Waals surface area contributed by atoms with E-state index in [1.165, 1.54) is 4.26 Å². The van der Waals surface area contributed by atoms with Crippen LogP contribution in [0.25, 0.3) is 19.4 Å². The van der Waals surface area contributed by atoms with Crippen molar-refractivity contribution in [3.8, 4) is 0 Å². The van der Waals surface area contributed by atoms with Gasteiger partial charge in [0.15, 0.2) is 0 Å². The molecule has 0 atom stereocenters. The monoisotopic (exact) mass is 376 g/mol. The summed E-state index contributed by atoms with van der Waals surface area (Å²) in [4.78, 5) is 19.0. The second-order valence-corrected chi connectivity index (χ2v) is 6.96. The number of nitrogens with zero attached hydrogens (tertiary/aromatic N) is 1. The first-order chi connectivity index (χ1) is 8.19. The zero-order valence-corrected chi connectivity index (χ0v) is 12.5. The van der Waals surface area contributed by atoms with Gasteiger partial charge in [-0.25, -0.2) is 0 Å². The summed E-state index contributed by atoms with van der Waals surface area (Å²) in [6.45, 7) is 0. The zero-order chi connectivity index (χ0) is 12.0. The molecule has 17 heavy (non-hydrogen) atoms. The third-order valence-electron chi connectivity index (χ3n) is 2.46. The Morgan fingerprint density at radius 3 is 3.06 bits per heavy atom. The first-order valence-electron chi connectivity index (χ1n) is 4.86. The maximum atomic E-state index is 11.9. The van der Waals surface area contributed by atoms with Gasteiger partial charge in [0.25, 0.3) is 0 Å². The molecule has 6 heteroatoms. The molecule has 2 heterocycles. The van der Waals surface area contributed by atoms with Gasteiger partial charge in [0.1, 0.15) is 0 Å². The minimum atomic E-state index is -0.0574. The van der Waals surface area contributed by atoms with Crippen molar-refractivity contribution >= 4 is 61.5 Å². The van der Waals surface area contributed by atoms with Gasteiger partial charge < -0.3 is 0 Å². The number of hydrogen-bond acceptors (Lipinski definition) is 2. The van der Waals surface area contributed by atoms with Crippen LogP contribution < -0.4 is 5.56 Å². The van der Waals surface area contributed by atoms with Crippen molar-refractivity contribution in [3.63, 3.8) is 0 Å². The van der Waals surface area contributed by atoms with E-state index in [-0.39, 0.29) is 25.9 Å². The van der Waals surface area contributed by atoms with Crippen LogP contribution in [0.5, 0.6) is 0 Å². The summed E-state index contributed by atoms with van der Waals surface area (Å²) in [5.74, 6) is 0.748. The van der Waals surface area contributed by atoms with Crippen LogP contribution in [0.3, 0.4) is 0 Å². The zero-order valence-electron chi connectivity index (χ0n) is 8.46. The van der Waals surface area contributed by atoms with Crippen LogP contribution in [-0.2, 0) is 5.88 Å². The van der Waals surface area contributed by atoms with Gasteiger partial charge in [-0.15, -0.1) is 0 Å². The maximum absolute atomic E-state index is 11.9. The molecule has 0 aliphatic carbocycles. The number of nitrogens with one attached hydrogen (secondary N) is 1. The molecule has 0 spiro atoms. The molecular formula is C11H6BrClN2OSe. The molecule has 0 amide bonds. The van der Waals surface area contributed by atoms with Crippen molar-refractivity contribution in [2.45, 2.75) is 5.88 Å². The summed E-state index contributed by atoms with van der Waals surface area (Å²) in [5.41, 5.74) is 0.735. The number of benzene rings is 1. The second-order valence-electron chi connectivity index (χ2n) is 3.57. The molecule has 3 aromatic rings. The van der Waals surface area contributed by atoms with Crippen molar-refractivity contribution < 1.29 is 0 Å². The Hall–Kier alpha value is -0.611. The van der Waals surface area contributed by atoms with Crippen molar-refractivity contribution in [1.29, 1.82) is 0 Å². The van der Waals surface area contributed by atoms with E-state index in [9.17, 15) is 4.79 Å². The standard InChI is InChI=1S/C11H6BrClN2OSe/c12-5-1-2-7-6(3-5)9-10(17-7)11(16)15-8(4-13)14-9/h1-3H,4H2,(H,14,15,16). The van der Waals surface area contributed by atoms with Crippen molar-refractivity contribution in [1.82, 2.24) is 9.97 Å². The number of halogens is 2. The Kier molecular flexibility index (Phi) is 2.87. The van der Waals surface area contributed by atoms with Crippen LogP contribution in [0.15, 0.2) is 27.5 Å².